The second-order valence-corrected chi connectivity index (χ2v) is 4.60. The van der Waals surface area contributed by atoms with Gasteiger partial charge in [0.15, 0.2) is 0 Å². The van der Waals surface area contributed by atoms with Gasteiger partial charge < -0.3 is 9.84 Å². The van der Waals surface area contributed by atoms with Crippen molar-refractivity contribution in [1.82, 2.24) is 0 Å². The van der Waals surface area contributed by atoms with Crippen molar-refractivity contribution < 1.29 is 19.0 Å². The van der Waals surface area contributed by atoms with Crippen molar-refractivity contribution in [3.05, 3.63) is 64.9 Å². The Morgan fingerprint density at radius 1 is 1.25 bits per heavy atom. The maximum absolute atomic E-state index is 13.3. The molecule has 0 aliphatic heterocycles. The summed E-state index contributed by atoms with van der Waals surface area (Å²) in [4.78, 5) is 11.3. The van der Waals surface area contributed by atoms with Crippen LogP contribution in [-0.4, -0.2) is 17.7 Å². The molecule has 2 aromatic carbocycles. The highest BCUT2D eigenvalue weighted by Crippen LogP contribution is 2.22. The van der Waals surface area contributed by atoms with E-state index in [1.807, 2.05) is 0 Å². The number of benzene rings is 2. The quantitative estimate of drug-likeness (QED) is 0.914. The molecule has 0 radical (unpaired) electrons. The highest BCUT2D eigenvalue weighted by atomic mass is 35.5. The van der Waals surface area contributed by atoms with Gasteiger partial charge in [-0.05, 0) is 17.7 Å². The summed E-state index contributed by atoms with van der Waals surface area (Å²) in [5, 5.41) is 9.22. The van der Waals surface area contributed by atoms with E-state index in [4.69, 9.17) is 16.3 Å². The summed E-state index contributed by atoms with van der Waals surface area (Å²) < 4.78 is 18.6. The predicted molar refractivity (Wildman–Crippen MR) is 73.7 cm³/mol. The van der Waals surface area contributed by atoms with E-state index in [-0.39, 0.29) is 17.4 Å². The van der Waals surface area contributed by atoms with Crippen LogP contribution in [0.15, 0.2) is 48.5 Å². The molecule has 2 aromatic rings. The van der Waals surface area contributed by atoms with Crippen molar-refractivity contribution >= 4 is 17.6 Å². The van der Waals surface area contributed by atoms with Gasteiger partial charge in [0, 0.05) is 6.07 Å². The number of carboxylic acids is 1. The van der Waals surface area contributed by atoms with Crippen molar-refractivity contribution in [2.45, 2.75) is 5.92 Å². The van der Waals surface area contributed by atoms with Gasteiger partial charge in [0.2, 0.25) is 0 Å². The molecule has 0 amide bonds. The van der Waals surface area contributed by atoms with Gasteiger partial charge in [-0.1, -0.05) is 41.9 Å². The van der Waals surface area contributed by atoms with Crippen molar-refractivity contribution in [2.75, 3.05) is 6.61 Å². The highest BCUT2D eigenvalue weighted by Gasteiger charge is 2.20. The van der Waals surface area contributed by atoms with E-state index in [0.717, 1.165) is 6.07 Å². The molecule has 3 nitrogen and oxygen atoms in total. The minimum atomic E-state index is -0.995. The van der Waals surface area contributed by atoms with Gasteiger partial charge in [-0.3, -0.25) is 4.79 Å². The van der Waals surface area contributed by atoms with Crippen LogP contribution in [0.4, 0.5) is 4.39 Å². The smallest absolute Gasteiger partial charge is 0.314 e. The number of aliphatic carboxylic acids is 1. The molecule has 0 fully saturated rings. The molecule has 0 aromatic heterocycles. The van der Waals surface area contributed by atoms with Crippen LogP contribution in [0.5, 0.6) is 5.75 Å². The summed E-state index contributed by atoms with van der Waals surface area (Å²) in [6.45, 7) is -0.0829. The number of hydrogen-bond acceptors (Lipinski definition) is 2. The summed E-state index contributed by atoms with van der Waals surface area (Å²) in [6.07, 6.45) is 0. The lowest BCUT2D eigenvalue weighted by Crippen LogP contribution is -2.19. The number of carbonyl (C=O) groups is 1. The lowest BCUT2D eigenvalue weighted by atomic mass is 10.0. The van der Waals surface area contributed by atoms with Crippen molar-refractivity contribution in [3.63, 3.8) is 0 Å². The van der Waals surface area contributed by atoms with Crippen LogP contribution in [-0.2, 0) is 4.79 Å². The van der Waals surface area contributed by atoms with E-state index in [1.165, 1.54) is 12.1 Å². The first-order chi connectivity index (χ1) is 9.58. The third-order valence-corrected chi connectivity index (χ3v) is 3.11. The molecule has 0 saturated heterocycles. The zero-order valence-corrected chi connectivity index (χ0v) is 11.2. The van der Waals surface area contributed by atoms with Crippen LogP contribution in [0, 0.1) is 5.82 Å². The molecule has 1 N–H and O–H groups in total. The standard InChI is InChI=1S/C15H12ClFO3/c16-13-7-6-11(8-14(13)17)20-9-12(15(18)19)10-4-2-1-3-5-10/h1-8,12H,9H2,(H,18,19). The first kappa shape index (κ1) is 14.3. The Balaban J connectivity index is 2.10. The van der Waals surface area contributed by atoms with Crippen molar-refractivity contribution in [3.8, 4) is 5.75 Å². The molecule has 0 spiro atoms. The summed E-state index contributed by atoms with van der Waals surface area (Å²) in [7, 11) is 0. The number of carboxylic acid groups (broad SMARTS) is 1. The van der Waals surface area contributed by atoms with Gasteiger partial charge in [0.05, 0.1) is 5.02 Å². The molecule has 0 saturated carbocycles. The van der Waals surface area contributed by atoms with Gasteiger partial charge >= 0.3 is 5.97 Å². The van der Waals surface area contributed by atoms with Crippen LogP contribution >= 0.6 is 11.6 Å². The molecule has 1 atom stereocenters. The van der Waals surface area contributed by atoms with Crippen LogP contribution in [0.3, 0.4) is 0 Å². The fourth-order valence-corrected chi connectivity index (χ4v) is 1.86. The van der Waals surface area contributed by atoms with E-state index < -0.39 is 17.7 Å². The lowest BCUT2D eigenvalue weighted by Gasteiger charge is -2.14. The Morgan fingerprint density at radius 3 is 2.55 bits per heavy atom. The molecule has 0 bridgehead atoms. The van der Waals surface area contributed by atoms with Crippen LogP contribution in [0.2, 0.25) is 5.02 Å². The predicted octanol–water partition coefficient (Wildman–Crippen LogP) is 3.73. The molecule has 0 aliphatic rings. The van der Waals surface area contributed by atoms with Crippen molar-refractivity contribution in [1.29, 1.82) is 0 Å². The first-order valence-electron chi connectivity index (χ1n) is 5.93. The molecule has 0 aliphatic carbocycles. The fraction of sp³-hybridized carbons (Fsp3) is 0.133. The largest absolute Gasteiger partial charge is 0.492 e. The van der Waals surface area contributed by atoms with E-state index in [0.29, 0.717) is 5.56 Å². The maximum atomic E-state index is 13.3. The SMILES string of the molecule is O=C(O)C(COc1ccc(Cl)c(F)c1)c1ccccc1. The van der Waals surface area contributed by atoms with Gasteiger partial charge in [-0.25, -0.2) is 4.39 Å². The van der Waals surface area contributed by atoms with Gasteiger partial charge in [-0.2, -0.15) is 0 Å². The molecule has 2 rings (SSSR count). The van der Waals surface area contributed by atoms with E-state index >= 15 is 0 Å². The average Bonchev–Trinajstić information content (AvgIpc) is 2.44. The molecule has 5 heteroatoms. The summed E-state index contributed by atoms with van der Waals surface area (Å²) in [5.74, 6) is -2.16. The molecule has 20 heavy (non-hydrogen) atoms. The number of halogens is 2. The maximum Gasteiger partial charge on any atom is 0.314 e. The van der Waals surface area contributed by atoms with Gasteiger partial charge in [0.1, 0.15) is 24.1 Å². The second-order valence-electron chi connectivity index (χ2n) is 4.19. The molecule has 0 heterocycles. The summed E-state index contributed by atoms with van der Waals surface area (Å²) >= 11 is 5.57. The summed E-state index contributed by atoms with van der Waals surface area (Å²) in [5.41, 5.74) is 0.634. The molecule has 104 valence electrons. The highest BCUT2D eigenvalue weighted by molar-refractivity contribution is 6.30. The number of rotatable bonds is 5. The minimum absolute atomic E-state index is 0.00445. The van der Waals surface area contributed by atoms with Crippen molar-refractivity contribution in [2.24, 2.45) is 0 Å². The average molecular weight is 295 g/mol. The van der Waals surface area contributed by atoms with E-state index in [2.05, 4.69) is 0 Å². The van der Waals surface area contributed by atoms with E-state index in [1.54, 1.807) is 30.3 Å². The molecular formula is C15H12ClFO3. The van der Waals surface area contributed by atoms with Gasteiger partial charge in [0.25, 0.3) is 0 Å². The Bertz CT molecular complexity index is 601. The summed E-state index contributed by atoms with van der Waals surface area (Å²) in [6, 6.07) is 12.7. The Kier molecular flexibility index (Phi) is 4.58. The zero-order valence-electron chi connectivity index (χ0n) is 10.4. The van der Waals surface area contributed by atoms with Crippen LogP contribution in [0.25, 0.3) is 0 Å². The number of ether oxygens (including phenoxy) is 1. The Hall–Kier alpha value is -2.07. The monoisotopic (exact) mass is 294 g/mol. The Labute approximate surface area is 120 Å². The molecular weight excluding hydrogens is 283 g/mol. The van der Waals surface area contributed by atoms with Crippen LogP contribution in [0.1, 0.15) is 11.5 Å². The van der Waals surface area contributed by atoms with Gasteiger partial charge in [-0.15, -0.1) is 0 Å². The lowest BCUT2D eigenvalue weighted by molar-refractivity contribution is -0.139. The fourth-order valence-electron chi connectivity index (χ4n) is 1.74. The topological polar surface area (TPSA) is 46.5 Å². The number of hydrogen-bond donors (Lipinski definition) is 1. The third-order valence-electron chi connectivity index (χ3n) is 2.81. The first-order valence-corrected chi connectivity index (χ1v) is 6.31. The minimum Gasteiger partial charge on any atom is -0.492 e. The van der Waals surface area contributed by atoms with Crippen LogP contribution < -0.4 is 4.74 Å². The Morgan fingerprint density at radius 2 is 1.95 bits per heavy atom. The molecule has 1 unspecified atom stereocenters. The zero-order chi connectivity index (χ0) is 14.5. The third kappa shape index (κ3) is 3.48. The normalized spacial score (nSPS) is 11.9. The van der Waals surface area contributed by atoms with E-state index in [9.17, 15) is 14.3 Å². The second kappa shape index (κ2) is 6.39.